The van der Waals surface area contributed by atoms with Crippen molar-refractivity contribution in [1.82, 2.24) is 19.3 Å². The molecule has 0 radical (unpaired) electrons. The highest BCUT2D eigenvalue weighted by Crippen LogP contribution is 2.31. The topological polar surface area (TPSA) is 70.7 Å². The number of piperidine rings is 1. The quantitative estimate of drug-likeness (QED) is 0.849. The zero-order chi connectivity index (χ0) is 14.3. The standard InChI is InChI=1S/C12H12BrClN4O2/c13-9-8-10(14)15-3-5-18(8)11(16-9)7-2-1-4-17(6-7)12(19)20/h3,5,7H,1-2,4,6H2,(H,19,20)/t7-/m1/s1. The van der Waals surface area contributed by atoms with Crippen molar-refractivity contribution in [2.45, 2.75) is 18.8 Å². The molecule has 0 unspecified atom stereocenters. The number of hydrogen-bond donors (Lipinski definition) is 1. The highest BCUT2D eigenvalue weighted by molar-refractivity contribution is 9.10. The predicted molar refractivity (Wildman–Crippen MR) is 77.3 cm³/mol. The molecule has 1 aliphatic rings. The van der Waals surface area contributed by atoms with E-state index in [1.165, 1.54) is 4.90 Å². The van der Waals surface area contributed by atoms with Crippen LogP contribution in [0.15, 0.2) is 17.0 Å². The Balaban J connectivity index is 2.02. The molecule has 0 bridgehead atoms. The minimum Gasteiger partial charge on any atom is -0.465 e. The molecule has 1 N–H and O–H groups in total. The van der Waals surface area contributed by atoms with Gasteiger partial charge in [0.05, 0.1) is 0 Å². The molecule has 0 aliphatic carbocycles. The lowest BCUT2D eigenvalue weighted by Gasteiger charge is -2.29. The van der Waals surface area contributed by atoms with Crippen LogP contribution in [0.2, 0.25) is 5.15 Å². The van der Waals surface area contributed by atoms with Crippen LogP contribution >= 0.6 is 27.5 Å². The van der Waals surface area contributed by atoms with E-state index >= 15 is 0 Å². The minimum absolute atomic E-state index is 0.0668. The Morgan fingerprint density at radius 3 is 3.10 bits per heavy atom. The third-order valence-corrected chi connectivity index (χ3v) is 4.38. The van der Waals surface area contributed by atoms with E-state index in [1.807, 2.05) is 4.40 Å². The average Bonchev–Trinajstić information content (AvgIpc) is 2.78. The monoisotopic (exact) mass is 358 g/mol. The summed E-state index contributed by atoms with van der Waals surface area (Å²) in [6.07, 6.45) is 4.28. The lowest BCUT2D eigenvalue weighted by molar-refractivity contribution is 0.129. The molecule has 2 aromatic rings. The fourth-order valence-corrected chi connectivity index (χ4v) is 3.54. The fourth-order valence-electron chi connectivity index (χ4n) is 2.63. The molecule has 20 heavy (non-hydrogen) atoms. The maximum Gasteiger partial charge on any atom is 0.407 e. The molecule has 2 aromatic heterocycles. The van der Waals surface area contributed by atoms with E-state index in [0.717, 1.165) is 24.2 Å². The zero-order valence-electron chi connectivity index (χ0n) is 10.5. The third-order valence-electron chi connectivity index (χ3n) is 3.55. The summed E-state index contributed by atoms with van der Waals surface area (Å²) in [6, 6.07) is 0. The molecule has 1 aliphatic heterocycles. The van der Waals surface area contributed by atoms with Crippen molar-refractivity contribution in [2.24, 2.45) is 0 Å². The van der Waals surface area contributed by atoms with Gasteiger partial charge in [-0.05, 0) is 28.8 Å². The lowest BCUT2D eigenvalue weighted by Crippen LogP contribution is -2.38. The molecular weight excluding hydrogens is 348 g/mol. The summed E-state index contributed by atoms with van der Waals surface area (Å²) < 4.78 is 2.52. The number of rotatable bonds is 1. The number of fused-ring (bicyclic) bond motifs is 1. The number of carbonyl (C=O) groups is 1. The highest BCUT2D eigenvalue weighted by atomic mass is 79.9. The zero-order valence-corrected chi connectivity index (χ0v) is 12.8. The second-order valence-corrected chi connectivity index (χ2v) is 5.87. The van der Waals surface area contributed by atoms with E-state index < -0.39 is 6.09 Å². The van der Waals surface area contributed by atoms with Crippen LogP contribution in [0.5, 0.6) is 0 Å². The lowest BCUT2D eigenvalue weighted by atomic mass is 9.97. The number of hydrogen-bond acceptors (Lipinski definition) is 3. The molecule has 106 valence electrons. The molecule has 3 rings (SSSR count). The van der Waals surface area contributed by atoms with Gasteiger partial charge < -0.3 is 10.0 Å². The van der Waals surface area contributed by atoms with Gasteiger partial charge in [0.1, 0.15) is 15.9 Å². The van der Waals surface area contributed by atoms with Gasteiger partial charge in [0.2, 0.25) is 0 Å². The number of halogens is 2. The smallest absolute Gasteiger partial charge is 0.407 e. The Kier molecular flexibility index (Phi) is 3.55. The molecule has 0 saturated carbocycles. The highest BCUT2D eigenvalue weighted by Gasteiger charge is 2.28. The molecule has 8 heteroatoms. The Hall–Kier alpha value is -1.34. The number of imidazole rings is 1. The van der Waals surface area contributed by atoms with E-state index in [4.69, 9.17) is 16.7 Å². The average molecular weight is 360 g/mol. The number of amides is 1. The maximum atomic E-state index is 11.1. The number of likely N-dealkylation sites (tertiary alicyclic amines) is 1. The summed E-state index contributed by atoms with van der Waals surface area (Å²) in [6.45, 7) is 1.04. The van der Waals surface area contributed by atoms with Crippen molar-refractivity contribution in [1.29, 1.82) is 0 Å². The Morgan fingerprint density at radius 2 is 2.35 bits per heavy atom. The SMILES string of the molecule is O=C(O)N1CCC[C@@H](c2nc(Br)c3c(Cl)nccn23)C1. The van der Waals surface area contributed by atoms with E-state index in [-0.39, 0.29) is 5.92 Å². The van der Waals surface area contributed by atoms with Gasteiger partial charge in [0, 0.05) is 31.4 Å². The summed E-state index contributed by atoms with van der Waals surface area (Å²) in [5.41, 5.74) is 0.719. The normalized spacial score (nSPS) is 19.5. The van der Waals surface area contributed by atoms with Crippen molar-refractivity contribution < 1.29 is 9.90 Å². The maximum absolute atomic E-state index is 11.1. The van der Waals surface area contributed by atoms with Gasteiger partial charge in [-0.1, -0.05) is 11.6 Å². The Labute approximate surface area is 128 Å². The van der Waals surface area contributed by atoms with Crippen LogP contribution in [0.4, 0.5) is 4.79 Å². The first-order chi connectivity index (χ1) is 9.58. The fraction of sp³-hybridized carbons (Fsp3) is 0.417. The van der Waals surface area contributed by atoms with Gasteiger partial charge in [0.15, 0.2) is 5.15 Å². The van der Waals surface area contributed by atoms with Crippen LogP contribution in [-0.4, -0.2) is 43.6 Å². The van der Waals surface area contributed by atoms with Gasteiger partial charge in [0.25, 0.3) is 0 Å². The minimum atomic E-state index is -0.880. The first-order valence-electron chi connectivity index (χ1n) is 6.23. The van der Waals surface area contributed by atoms with E-state index in [2.05, 4.69) is 25.9 Å². The third kappa shape index (κ3) is 2.25. The molecular formula is C12H12BrClN4O2. The largest absolute Gasteiger partial charge is 0.465 e. The van der Waals surface area contributed by atoms with E-state index in [9.17, 15) is 4.79 Å². The molecule has 0 spiro atoms. The van der Waals surface area contributed by atoms with Crippen LogP contribution in [0.3, 0.4) is 0 Å². The molecule has 1 saturated heterocycles. The van der Waals surface area contributed by atoms with Crippen LogP contribution in [-0.2, 0) is 0 Å². The summed E-state index contributed by atoms with van der Waals surface area (Å²) in [5.74, 6) is 0.888. The summed E-state index contributed by atoms with van der Waals surface area (Å²) in [4.78, 5) is 21.1. The van der Waals surface area contributed by atoms with Gasteiger partial charge in [-0.25, -0.2) is 14.8 Å². The van der Waals surface area contributed by atoms with Gasteiger partial charge >= 0.3 is 6.09 Å². The van der Waals surface area contributed by atoms with Crippen LogP contribution in [0.1, 0.15) is 24.6 Å². The predicted octanol–water partition coefficient (Wildman–Crippen LogP) is 3.00. The molecule has 0 aromatic carbocycles. The Bertz CT molecular complexity index is 675. The summed E-state index contributed by atoms with van der Waals surface area (Å²) in [5, 5.41) is 9.50. The summed E-state index contributed by atoms with van der Waals surface area (Å²) >= 11 is 9.48. The molecule has 1 fully saturated rings. The Morgan fingerprint density at radius 1 is 1.55 bits per heavy atom. The van der Waals surface area contributed by atoms with Crippen molar-refractivity contribution >= 4 is 39.1 Å². The summed E-state index contributed by atoms with van der Waals surface area (Å²) in [7, 11) is 0. The van der Waals surface area contributed by atoms with Crippen LogP contribution in [0.25, 0.3) is 5.52 Å². The van der Waals surface area contributed by atoms with Gasteiger partial charge in [-0.3, -0.25) is 4.40 Å². The van der Waals surface area contributed by atoms with Crippen LogP contribution < -0.4 is 0 Å². The van der Waals surface area contributed by atoms with E-state index in [1.54, 1.807) is 12.4 Å². The molecule has 1 atom stereocenters. The second-order valence-electron chi connectivity index (χ2n) is 4.77. The molecule has 6 nitrogen and oxygen atoms in total. The second kappa shape index (κ2) is 5.21. The van der Waals surface area contributed by atoms with Crippen molar-refractivity contribution in [3.8, 4) is 0 Å². The molecule has 3 heterocycles. The van der Waals surface area contributed by atoms with E-state index in [0.29, 0.717) is 22.8 Å². The van der Waals surface area contributed by atoms with Gasteiger partial charge in [-0.2, -0.15) is 0 Å². The first kappa shape index (κ1) is 13.6. The first-order valence-corrected chi connectivity index (χ1v) is 7.41. The van der Waals surface area contributed by atoms with Gasteiger partial charge in [-0.15, -0.1) is 0 Å². The van der Waals surface area contributed by atoms with Crippen molar-refractivity contribution in [3.05, 3.63) is 28.0 Å². The number of nitrogens with zero attached hydrogens (tertiary/aromatic N) is 4. The number of carboxylic acid groups (broad SMARTS) is 1. The molecule has 1 amide bonds. The van der Waals surface area contributed by atoms with Crippen LogP contribution in [0, 0.1) is 0 Å². The number of aromatic nitrogens is 3. The van der Waals surface area contributed by atoms with Crippen molar-refractivity contribution in [3.63, 3.8) is 0 Å². The van der Waals surface area contributed by atoms with Crippen molar-refractivity contribution in [2.75, 3.05) is 13.1 Å².